The number of pyridine rings is 1. The normalized spacial score (nSPS) is 11.5. The molecule has 0 radical (unpaired) electrons. The molecule has 0 aliphatic carbocycles. The van der Waals surface area contributed by atoms with Crippen molar-refractivity contribution in [2.75, 3.05) is 5.73 Å². The molecular weight excluding hydrogens is 298 g/mol. The summed E-state index contributed by atoms with van der Waals surface area (Å²) in [5, 5.41) is 0.0968. The van der Waals surface area contributed by atoms with Crippen molar-refractivity contribution in [3.8, 4) is 0 Å². The highest BCUT2D eigenvalue weighted by Gasteiger charge is 2.20. The van der Waals surface area contributed by atoms with Crippen LogP contribution in [-0.4, -0.2) is 13.4 Å². The topological polar surface area (TPSA) is 85.1 Å². The predicted octanol–water partition coefficient (Wildman–Crippen LogP) is 2.10. The van der Waals surface area contributed by atoms with Crippen molar-refractivity contribution in [3.63, 3.8) is 0 Å². The van der Waals surface area contributed by atoms with Crippen molar-refractivity contribution in [2.45, 2.75) is 18.4 Å². The van der Waals surface area contributed by atoms with Gasteiger partial charge in [0.05, 0.1) is 10.7 Å². The summed E-state index contributed by atoms with van der Waals surface area (Å²) >= 11 is 5.91. The van der Waals surface area contributed by atoms with Crippen LogP contribution in [0.3, 0.4) is 0 Å². The lowest BCUT2D eigenvalue weighted by molar-refractivity contribution is 0.581. The molecule has 2 aromatic rings. The lowest BCUT2D eigenvalue weighted by Crippen LogP contribution is -2.24. The van der Waals surface area contributed by atoms with E-state index in [2.05, 4.69) is 9.71 Å². The summed E-state index contributed by atoms with van der Waals surface area (Å²) in [5.74, 6) is 0. The molecule has 0 saturated heterocycles. The Labute approximate surface area is 122 Å². The Hall–Kier alpha value is -1.63. The fourth-order valence-electron chi connectivity index (χ4n) is 1.66. The van der Waals surface area contributed by atoms with Gasteiger partial charge in [-0.15, -0.1) is 0 Å². The lowest BCUT2D eigenvalue weighted by Gasteiger charge is -2.10. The van der Waals surface area contributed by atoms with Crippen LogP contribution < -0.4 is 10.5 Å². The Morgan fingerprint density at radius 2 is 2.05 bits per heavy atom. The van der Waals surface area contributed by atoms with Gasteiger partial charge in [-0.05, 0) is 30.7 Å². The Kier molecular flexibility index (Phi) is 4.27. The Morgan fingerprint density at radius 3 is 2.65 bits per heavy atom. The average molecular weight is 312 g/mol. The molecule has 0 amide bonds. The number of nitrogens with one attached hydrogen (secondary N) is 1. The number of hydrogen-bond donors (Lipinski definition) is 2. The molecule has 0 fully saturated rings. The van der Waals surface area contributed by atoms with E-state index in [9.17, 15) is 8.42 Å². The molecule has 1 aromatic heterocycles. The quantitative estimate of drug-likeness (QED) is 0.847. The van der Waals surface area contributed by atoms with Crippen molar-refractivity contribution in [3.05, 3.63) is 52.8 Å². The van der Waals surface area contributed by atoms with E-state index in [1.165, 1.54) is 12.1 Å². The third-order valence-corrected chi connectivity index (χ3v) is 4.65. The molecule has 1 heterocycles. The minimum atomic E-state index is -3.76. The number of nitrogens with two attached hydrogens (primary N) is 1. The highest BCUT2D eigenvalue weighted by atomic mass is 35.5. The smallest absolute Gasteiger partial charge is 0.244 e. The number of rotatable bonds is 4. The number of aromatic nitrogens is 1. The van der Waals surface area contributed by atoms with Crippen molar-refractivity contribution in [1.29, 1.82) is 0 Å². The first-order chi connectivity index (χ1) is 9.40. The second kappa shape index (κ2) is 5.78. The van der Waals surface area contributed by atoms with Gasteiger partial charge in [-0.2, -0.15) is 0 Å². The van der Waals surface area contributed by atoms with E-state index >= 15 is 0 Å². The Bertz CT molecular complexity index is 695. The summed E-state index contributed by atoms with van der Waals surface area (Å²) in [7, 11) is -3.76. The predicted molar refractivity (Wildman–Crippen MR) is 78.9 cm³/mol. The van der Waals surface area contributed by atoms with Crippen LogP contribution in [0.2, 0.25) is 5.02 Å². The molecule has 1 aromatic carbocycles. The summed E-state index contributed by atoms with van der Waals surface area (Å²) < 4.78 is 26.9. The van der Waals surface area contributed by atoms with Crippen molar-refractivity contribution in [1.82, 2.24) is 9.71 Å². The highest BCUT2D eigenvalue weighted by Crippen LogP contribution is 2.26. The van der Waals surface area contributed by atoms with Crippen LogP contribution in [0.5, 0.6) is 0 Å². The van der Waals surface area contributed by atoms with Gasteiger partial charge in [0.1, 0.15) is 4.90 Å². The van der Waals surface area contributed by atoms with E-state index in [1.807, 2.05) is 13.0 Å². The van der Waals surface area contributed by atoms with Gasteiger partial charge in [0.25, 0.3) is 0 Å². The first kappa shape index (κ1) is 14.8. The minimum absolute atomic E-state index is 0.0956. The molecule has 0 aliphatic heterocycles. The molecule has 20 heavy (non-hydrogen) atoms. The van der Waals surface area contributed by atoms with Crippen LogP contribution in [0.4, 0.5) is 5.69 Å². The van der Waals surface area contributed by atoms with Crippen LogP contribution in [0.15, 0.2) is 41.4 Å². The summed E-state index contributed by atoms with van der Waals surface area (Å²) in [6.45, 7) is 1.98. The molecule has 0 atom stereocenters. The zero-order valence-corrected chi connectivity index (χ0v) is 12.4. The Morgan fingerprint density at radius 1 is 1.30 bits per heavy atom. The summed E-state index contributed by atoms with van der Waals surface area (Å²) in [5.41, 5.74) is 7.42. The molecule has 3 N–H and O–H groups in total. The second-order valence-corrected chi connectivity index (χ2v) is 6.40. The minimum Gasteiger partial charge on any atom is -0.398 e. The zero-order valence-electron chi connectivity index (χ0n) is 10.8. The monoisotopic (exact) mass is 311 g/mol. The largest absolute Gasteiger partial charge is 0.398 e. The van der Waals surface area contributed by atoms with Gasteiger partial charge in [0, 0.05) is 18.4 Å². The SMILES string of the molecule is Cc1ccc(CNS(=O)(=O)c2c(N)cccc2Cl)cn1. The fraction of sp³-hybridized carbons (Fsp3) is 0.154. The fourth-order valence-corrected chi connectivity index (χ4v) is 3.35. The van der Waals surface area contributed by atoms with Gasteiger partial charge >= 0.3 is 0 Å². The number of aryl methyl sites for hydroxylation is 1. The van der Waals surface area contributed by atoms with E-state index in [4.69, 9.17) is 17.3 Å². The number of benzene rings is 1. The average Bonchev–Trinajstić information content (AvgIpc) is 2.37. The van der Waals surface area contributed by atoms with Crippen molar-refractivity contribution in [2.24, 2.45) is 0 Å². The first-order valence-corrected chi connectivity index (χ1v) is 7.71. The molecule has 0 aliphatic rings. The summed E-state index contributed by atoms with van der Waals surface area (Å²) in [4.78, 5) is 4.01. The molecule has 0 saturated carbocycles. The maximum absolute atomic E-state index is 12.2. The maximum atomic E-state index is 12.2. The van der Waals surface area contributed by atoms with E-state index in [-0.39, 0.29) is 22.2 Å². The van der Waals surface area contributed by atoms with E-state index < -0.39 is 10.0 Å². The van der Waals surface area contributed by atoms with Crippen molar-refractivity contribution >= 4 is 27.3 Å². The zero-order chi connectivity index (χ0) is 14.8. The van der Waals surface area contributed by atoms with Gasteiger partial charge in [0.2, 0.25) is 10.0 Å². The standard InChI is InChI=1S/C13H14ClN3O2S/c1-9-5-6-10(7-16-9)8-17-20(18,19)13-11(14)3-2-4-12(13)15/h2-7,17H,8,15H2,1H3. The lowest BCUT2D eigenvalue weighted by atomic mass is 10.2. The second-order valence-electron chi connectivity index (χ2n) is 4.29. The molecule has 2 rings (SSSR count). The molecular formula is C13H14ClN3O2S. The number of sulfonamides is 1. The number of hydrogen-bond acceptors (Lipinski definition) is 4. The Balaban J connectivity index is 2.22. The van der Waals surface area contributed by atoms with Gasteiger partial charge < -0.3 is 5.73 Å². The molecule has 0 bridgehead atoms. The molecule has 106 valence electrons. The first-order valence-electron chi connectivity index (χ1n) is 5.85. The molecule has 5 nitrogen and oxygen atoms in total. The van der Waals surface area contributed by atoms with Crippen molar-refractivity contribution < 1.29 is 8.42 Å². The summed E-state index contributed by atoms with van der Waals surface area (Å²) in [6, 6.07) is 8.20. The van der Waals surface area contributed by atoms with Crippen LogP contribution in [0.25, 0.3) is 0 Å². The van der Waals surface area contributed by atoms with Crippen LogP contribution in [0, 0.1) is 6.92 Å². The number of anilines is 1. The maximum Gasteiger partial charge on any atom is 0.244 e. The highest BCUT2D eigenvalue weighted by molar-refractivity contribution is 7.89. The molecule has 0 spiro atoms. The summed E-state index contributed by atoms with van der Waals surface area (Å²) in [6.07, 6.45) is 1.62. The molecule has 0 unspecified atom stereocenters. The van der Waals surface area contributed by atoms with Gasteiger partial charge in [-0.25, -0.2) is 13.1 Å². The van der Waals surface area contributed by atoms with E-state index in [1.54, 1.807) is 18.3 Å². The van der Waals surface area contributed by atoms with Gasteiger partial charge in [-0.3, -0.25) is 4.98 Å². The van der Waals surface area contributed by atoms with Crippen LogP contribution in [0.1, 0.15) is 11.3 Å². The third-order valence-electron chi connectivity index (χ3n) is 2.71. The molecule has 7 heteroatoms. The number of nitrogen functional groups attached to an aromatic ring is 1. The van der Waals surface area contributed by atoms with Gasteiger partial charge in [-0.1, -0.05) is 23.7 Å². The van der Waals surface area contributed by atoms with E-state index in [0.717, 1.165) is 11.3 Å². The van der Waals surface area contributed by atoms with Gasteiger partial charge in [0.15, 0.2) is 0 Å². The number of halogens is 1. The van der Waals surface area contributed by atoms with Crippen LogP contribution >= 0.6 is 11.6 Å². The van der Waals surface area contributed by atoms with Crippen LogP contribution in [-0.2, 0) is 16.6 Å². The number of nitrogens with zero attached hydrogens (tertiary/aromatic N) is 1. The third kappa shape index (κ3) is 3.27. The van der Waals surface area contributed by atoms with E-state index in [0.29, 0.717) is 0 Å².